The SMILES string of the molecule is CCCCNc1cccc(NC(=O)C2=C(C(=N)c3cc(OC)cc(OC)c3)CCC2)n1. The lowest BCUT2D eigenvalue weighted by atomic mass is 9.98. The summed E-state index contributed by atoms with van der Waals surface area (Å²) in [6.45, 7) is 2.98. The van der Waals surface area contributed by atoms with Crippen LogP contribution in [0.2, 0.25) is 0 Å². The van der Waals surface area contributed by atoms with Gasteiger partial charge in [-0.1, -0.05) is 19.4 Å². The summed E-state index contributed by atoms with van der Waals surface area (Å²) in [5.74, 6) is 2.26. The van der Waals surface area contributed by atoms with Gasteiger partial charge in [-0.05, 0) is 55.5 Å². The number of rotatable bonds is 10. The van der Waals surface area contributed by atoms with Crippen molar-refractivity contribution in [3.63, 3.8) is 0 Å². The van der Waals surface area contributed by atoms with Crippen molar-refractivity contribution in [2.24, 2.45) is 0 Å². The minimum absolute atomic E-state index is 0.203. The van der Waals surface area contributed by atoms with Gasteiger partial charge in [0.2, 0.25) is 0 Å². The number of unbranched alkanes of at least 4 members (excludes halogenated alkanes) is 1. The van der Waals surface area contributed by atoms with Crippen LogP contribution in [0.1, 0.15) is 44.6 Å². The van der Waals surface area contributed by atoms with E-state index in [0.29, 0.717) is 47.0 Å². The molecule has 2 aromatic rings. The van der Waals surface area contributed by atoms with Crippen LogP contribution in [0.15, 0.2) is 47.5 Å². The number of nitrogens with one attached hydrogen (secondary N) is 3. The zero-order valence-corrected chi connectivity index (χ0v) is 18.4. The lowest BCUT2D eigenvalue weighted by molar-refractivity contribution is -0.113. The average molecular weight is 423 g/mol. The summed E-state index contributed by atoms with van der Waals surface area (Å²) in [5.41, 5.74) is 2.38. The van der Waals surface area contributed by atoms with Crippen LogP contribution in [0, 0.1) is 5.41 Å². The maximum atomic E-state index is 13.0. The van der Waals surface area contributed by atoms with Crippen LogP contribution in [0.3, 0.4) is 0 Å². The van der Waals surface area contributed by atoms with Crippen LogP contribution < -0.4 is 20.1 Å². The summed E-state index contributed by atoms with van der Waals surface area (Å²) in [4.78, 5) is 17.5. The first-order chi connectivity index (χ1) is 15.0. The molecule has 3 N–H and O–H groups in total. The van der Waals surface area contributed by atoms with Crippen LogP contribution in [0.25, 0.3) is 0 Å². The van der Waals surface area contributed by atoms with Gasteiger partial charge in [0.1, 0.15) is 23.1 Å². The molecule has 0 fully saturated rings. The van der Waals surface area contributed by atoms with Gasteiger partial charge in [-0.3, -0.25) is 10.2 Å². The smallest absolute Gasteiger partial charge is 0.253 e. The molecule has 0 aliphatic heterocycles. The van der Waals surface area contributed by atoms with E-state index >= 15 is 0 Å². The van der Waals surface area contributed by atoms with Gasteiger partial charge in [0.25, 0.3) is 5.91 Å². The number of pyridine rings is 1. The van der Waals surface area contributed by atoms with E-state index in [1.807, 2.05) is 12.1 Å². The van der Waals surface area contributed by atoms with Crippen LogP contribution in [-0.4, -0.2) is 37.4 Å². The van der Waals surface area contributed by atoms with Crippen molar-refractivity contribution in [3.8, 4) is 11.5 Å². The third-order valence-corrected chi connectivity index (χ3v) is 5.26. The molecule has 0 radical (unpaired) electrons. The first kappa shape index (κ1) is 22.3. The van der Waals surface area contributed by atoms with E-state index in [-0.39, 0.29) is 5.91 Å². The molecule has 0 unspecified atom stereocenters. The van der Waals surface area contributed by atoms with Gasteiger partial charge in [0.05, 0.1) is 19.9 Å². The first-order valence-electron chi connectivity index (χ1n) is 10.6. The van der Waals surface area contributed by atoms with E-state index in [9.17, 15) is 4.79 Å². The lowest BCUT2D eigenvalue weighted by Crippen LogP contribution is -2.18. The van der Waals surface area contributed by atoms with Gasteiger partial charge in [-0.2, -0.15) is 0 Å². The number of nitrogens with zero attached hydrogens (tertiary/aromatic N) is 1. The number of anilines is 2. The van der Waals surface area contributed by atoms with E-state index < -0.39 is 0 Å². The van der Waals surface area contributed by atoms with Crippen molar-refractivity contribution < 1.29 is 14.3 Å². The fourth-order valence-corrected chi connectivity index (χ4v) is 3.58. The van der Waals surface area contributed by atoms with Gasteiger partial charge >= 0.3 is 0 Å². The number of methoxy groups -OCH3 is 2. The molecule has 0 spiro atoms. The Morgan fingerprint density at radius 2 is 1.74 bits per heavy atom. The maximum absolute atomic E-state index is 13.0. The fraction of sp³-hybridized carbons (Fsp3) is 0.375. The van der Waals surface area contributed by atoms with Crippen molar-refractivity contribution in [2.45, 2.75) is 39.0 Å². The number of aromatic nitrogens is 1. The summed E-state index contributed by atoms with van der Waals surface area (Å²) in [5, 5.41) is 14.9. The van der Waals surface area contributed by atoms with E-state index in [1.165, 1.54) is 0 Å². The van der Waals surface area contributed by atoms with Gasteiger partial charge in [-0.25, -0.2) is 4.98 Å². The Balaban J connectivity index is 1.79. The highest BCUT2D eigenvalue weighted by molar-refractivity contribution is 6.17. The molecule has 7 nitrogen and oxygen atoms in total. The number of carbonyl (C=O) groups excluding carboxylic acids is 1. The number of allylic oxidation sites excluding steroid dienone is 1. The zero-order chi connectivity index (χ0) is 22.2. The molecule has 1 heterocycles. The largest absolute Gasteiger partial charge is 0.497 e. The monoisotopic (exact) mass is 422 g/mol. The first-order valence-corrected chi connectivity index (χ1v) is 10.6. The molecule has 0 saturated carbocycles. The second-order valence-electron chi connectivity index (χ2n) is 7.43. The highest BCUT2D eigenvalue weighted by Gasteiger charge is 2.25. The molecule has 0 saturated heterocycles. The maximum Gasteiger partial charge on any atom is 0.253 e. The Bertz CT molecular complexity index is 962. The van der Waals surface area contributed by atoms with Crippen molar-refractivity contribution in [2.75, 3.05) is 31.4 Å². The molecular weight excluding hydrogens is 392 g/mol. The number of amides is 1. The molecule has 1 aromatic carbocycles. The highest BCUT2D eigenvalue weighted by Crippen LogP contribution is 2.32. The third kappa shape index (κ3) is 5.63. The summed E-state index contributed by atoms with van der Waals surface area (Å²) < 4.78 is 10.6. The molecular formula is C24H30N4O3. The van der Waals surface area contributed by atoms with E-state index in [2.05, 4.69) is 22.5 Å². The number of ether oxygens (including phenoxy) is 2. The third-order valence-electron chi connectivity index (χ3n) is 5.26. The van der Waals surface area contributed by atoms with Crippen LogP contribution in [0.4, 0.5) is 11.6 Å². The molecule has 1 aliphatic carbocycles. The predicted octanol–water partition coefficient (Wildman–Crippen LogP) is 4.80. The van der Waals surface area contributed by atoms with E-state index in [0.717, 1.165) is 37.2 Å². The fourth-order valence-electron chi connectivity index (χ4n) is 3.58. The lowest BCUT2D eigenvalue weighted by Gasteiger charge is -2.13. The molecule has 3 rings (SSSR count). The normalized spacial score (nSPS) is 13.1. The van der Waals surface area contributed by atoms with Crippen molar-refractivity contribution in [3.05, 3.63) is 53.1 Å². The van der Waals surface area contributed by atoms with Gasteiger partial charge in [0, 0.05) is 23.7 Å². The second-order valence-corrected chi connectivity index (χ2v) is 7.43. The molecule has 0 atom stereocenters. The highest BCUT2D eigenvalue weighted by atomic mass is 16.5. The minimum Gasteiger partial charge on any atom is -0.497 e. The molecule has 1 aromatic heterocycles. The van der Waals surface area contributed by atoms with Crippen LogP contribution >= 0.6 is 0 Å². The summed E-state index contributed by atoms with van der Waals surface area (Å²) in [6.07, 6.45) is 4.33. The van der Waals surface area contributed by atoms with Gasteiger partial charge in [0.15, 0.2) is 0 Å². The summed E-state index contributed by atoms with van der Waals surface area (Å²) in [6, 6.07) is 10.9. The number of carbonyl (C=O) groups is 1. The Hall–Kier alpha value is -3.35. The quantitative estimate of drug-likeness (QED) is 0.378. The predicted molar refractivity (Wildman–Crippen MR) is 124 cm³/mol. The van der Waals surface area contributed by atoms with Crippen LogP contribution in [0.5, 0.6) is 11.5 Å². The zero-order valence-electron chi connectivity index (χ0n) is 18.4. The second kappa shape index (κ2) is 10.6. The molecule has 31 heavy (non-hydrogen) atoms. The Labute approximate surface area is 183 Å². The summed E-state index contributed by atoms with van der Waals surface area (Å²) >= 11 is 0. The minimum atomic E-state index is -0.203. The van der Waals surface area contributed by atoms with Crippen LogP contribution in [-0.2, 0) is 4.79 Å². The van der Waals surface area contributed by atoms with Crippen molar-refractivity contribution >= 4 is 23.3 Å². The van der Waals surface area contributed by atoms with E-state index in [4.69, 9.17) is 14.9 Å². The number of hydrogen-bond donors (Lipinski definition) is 3. The molecule has 1 amide bonds. The number of benzene rings is 1. The van der Waals surface area contributed by atoms with E-state index in [1.54, 1.807) is 38.5 Å². The average Bonchev–Trinajstić information content (AvgIpc) is 3.28. The summed E-state index contributed by atoms with van der Waals surface area (Å²) in [7, 11) is 3.15. The molecule has 7 heteroatoms. The van der Waals surface area contributed by atoms with Crippen molar-refractivity contribution in [1.82, 2.24) is 4.98 Å². The number of hydrogen-bond acceptors (Lipinski definition) is 6. The van der Waals surface area contributed by atoms with Gasteiger partial charge < -0.3 is 20.1 Å². The Kier molecular flexibility index (Phi) is 7.65. The van der Waals surface area contributed by atoms with Gasteiger partial charge in [-0.15, -0.1) is 0 Å². The Morgan fingerprint density at radius 3 is 2.42 bits per heavy atom. The standard InChI is InChI=1S/C24H30N4O3/c1-4-5-12-26-21-10-7-11-22(27-21)28-24(29)20-9-6-8-19(20)23(25)16-13-17(30-2)15-18(14-16)31-3/h7,10-11,13-15,25H,4-6,8-9,12H2,1-3H3,(H2,26,27,28,29). The topological polar surface area (TPSA) is 96.3 Å². The molecule has 1 aliphatic rings. The molecule has 164 valence electrons. The van der Waals surface area contributed by atoms with Crippen molar-refractivity contribution in [1.29, 1.82) is 5.41 Å². The molecule has 0 bridgehead atoms. The Morgan fingerprint density at radius 1 is 1.06 bits per heavy atom.